The lowest BCUT2D eigenvalue weighted by molar-refractivity contribution is 0.578. The number of pyridine rings is 1. The summed E-state index contributed by atoms with van der Waals surface area (Å²) in [7, 11) is 0. The number of anilines is 2. The molecule has 0 aromatic carbocycles. The summed E-state index contributed by atoms with van der Waals surface area (Å²) in [4.78, 5) is 11.8. The van der Waals surface area contributed by atoms with E-state index in [0.29, 0.717) is 11.8 Å². The number of nitrogens with one attached hydrogen (secondary N) is 2. The molecular formula is C11H12F2N6. The van der Waals surface area contributed by atoms with Crippen LogP contribution in [0, 0.1) is 18.6 Å². The molecule has 0 spiro atoms. The molecule has 0 atom stereocenters. The number of hydrazine groups is 1. The molecule has 2 heterocycles. The highest BCUT2D eigenvalue weighted by molar-refractivity contribution is 5.46. The highest BCUT2D eigenvalue weighted by Crippen LogP contribution is 2.18. The Hall–Kier alpha value is -2.35. The first-order valence-electron chi connectivity index (χ1n) is 5.44. The van der Waals surface area contributed by atoms with Crippen molar-refractivity contribution < 1.29 is 8.78 Å². The van der Waals surface area contributed by atoms with Gasteiger partial charge in [-0.15, -0.1) is 0 Å². The van der Waals surface area contributed by atoms with Crippen LogP contribution in [-0.4, -0.2) is 15.0 Å². The second-order valence-corrected chi connectivity index (χ2v) is 3.80. The molecule has 0 amide bonds. The lowest BCUT2D eigenvalue weighted by Gasteiger charge is -2.08. The van der Waals surface area contributed by atoms with Crippen LogP contribution < -0.4 is 16.6 Å². The Morgan fingerprint density at radius 3 is 2.53 bits per heavy atom. The van der Waals surface area contributed by atoms with Crippen LogP contribution >= 0.6 is 0 Å². The standard InChI is InChI=1S/C11H12F2N6/c1-6-3-16-7(4-15-6)5-17-10-8(12)2-9(13)11(18-10)19-14/h2-4H,5,14H2,1H3,(H2,17,18,19). The smallest absolute Gasteiger partial charge is 0.178 e. The average molecular weight is 266 g/mol. The number of nitrogen functional groups attached to an aromatic ring is 1. The van der Waals surface area contributed by atoms with Gasteiger partial charge in [-0.1, -0.05) is 0 Å². The molecule has 8 heteroatoms. The zero-order valence-corrected chi connectivity index (χ0v) is 10.1. The predicted octanol–water partition coefficient (Wildman–Crippen LogP) is 1.36. The molecule has 0 aliphatic carbocycles. The first-order chi connectivity index (χ1) is 9.10. The Balaban J connectivity index is 2.13. The average Bonchev–Trinajstić information content (AvgIpc) is 2.40. The van der Waals surface area contributed by atoms with Crippen molar-refractivity contribution in [2.75, 3.05) is 10.7 Å². The number of nitrogens with two attached hydrogens (primary N) is 1. The molecule has 2 aromatic heterocycles. The van der Waals surface area contributed by atoms with E-state index in [2.05, 4.69) is 20.3 Å². The van der Waals surface area contributed by atoms with Gasteiger partial charge in [-0.3, -0.25) is 9.97 Å². The van der Waals surface area contributed by atoms with Gasteiger partial charge in [0.15, 0.2) is 23.3 Å². The first-order valence-corrected chi connectivity index (χ1v) is 5.44. The fourth-order valence-corrected chi connectivity index (χ4v) is 1.38. The second-order valence-electron chi connectivity index (χ2n) is 3.80. The first kappa shape index (κ1) is 13.1. The van der Waals surface area contributed by atoms with Gasteiger partial charge in [-0.2, -0.15) is 0 Å². The largest absolute Gasteiger partial charge is 0.362 e. The van der Waals surface area contributed by atoms with Crippen LogP contribution in [-0.2, 0) is 6.54 Å². The van der Waals surface area contributed by atoms with E-state index >= 15 is 0 Å². The minimum atomic E-state index is -0.860. The number of nitrogens with zero attached hydrogens (tertiary/aromatic N) is 3. The minimum Gasteiger partial charge on any atom is -0.362 e. The van der Waals surface area contributed by atoms with Gasteiger partial charge in [0.2, 0.25) is 0 Å². The van der Waals surface area contributed by atoms with E-state index < -0.39 is 11.6 Å². The van der Waals surface area contributed by atoms with Crippen molar-refractivity contribution in [2.24, 2.45) is 5.84 Å². The lowest BCUT2D eigenvalue weighted by atomic mass is 10.3. The molecule has 0 aliphatic heterocycles. The van der Waals surface area contributed by atoms with E-state index in [1.165, 1.54) is 0 Å². The highest BCUT2D eigenvalue weighted by Gasteiger charge is 2.11. The van der Waals surface area contributed by atoms with Gasteiger partial charge >= 0.3 is 0 Å². The Morgan fingerprint density at radius 1 is 1.16 bits per heavy atom. The Kier molecular flexibility index (Phi) is 3.81. The number of rotatable bonds is 4. The van der Waals surface area contributed by atoms with Crippen LogP contribution in [0.25, 0.3) is 0 Å². The summed E-state index contributed by atoms with van der Waals surface area (Å²) in [5, 5.41) is 2.70. The molecule has 100 valence electrons. The van der Waals surface area contributed by atoms with Crippen molar-refractivity contribution in [1.82, 2.24) is 15.0 Å². The molecule has 0 fully saturated rings. The van der Waals surface area contributed by atoms with Gasteiger partial charge in [0.05, 0.1) is 24.1 Å². The Morgan fingerprint density at radius 2 is 1.89 bits per heavy atom. The maximum Gasteiger partial charge on any atom is 0.178 e. The number of aryl methyl sites for hydroxylation is 1. The summed E-state index contributed by atoms with van der Waals surface area (Å²) in [6.07, 6.45) is 3.16. The quantitative estimate of drug-likeness (QED) is 0.572. The maximum atomic E-state index is 13.5. The topological polar surface area (TPSA) is 88.8 Å². The number of halogens is 2. The second kappa shape index (κ2) is 5.53. The molecule has 0 saturated heterocycles. The zero-order valence-electron chi connectivity index (χ0n) is 10.1. The van der Waals surface area contributed by atoms with Gasteiger partial charge < -0.3 is 10.7 Å². The van der Waals surface area contributed by atoms with Crippen molar-refractivity contribution in [3.8, 4) is 0 Å². The molecule has 2 rings (SSSR count). The molecule has 0 saturated carbocycles. The van der Waals surface area contributed by atoms with Crippen LogP contribution in [0.1, 0.15) is 11.4 Å². The van der Waals surface area contributed by atoms with Gasteiger partial charge in [-0.05, 0) is 6.92 Å². The fourth-order valence-electron chi connectivity index (χ4n) is 1.38. The van der Waals surface area contributed by atoms with E-state index in [1.54, 1.807) is 12.4 Å². The van der Waals surface area contributed by atoms with Gasteiger partial charge in [0.25, 0.3) is 0 Å². The lowest BCUT2D eigenvalue weighted by Crippen LogP contribution is -2.13. The highest BCUT2D eigenvalue weighted by atomic mass is 19.1. The molecule has 6 nitrogen and oxygen atoms in total. The van der Waals surface area contributed by atoms with Crippen LogP contribution in [0.3, 0.4) is 0 Å². The summed E-state index contributed by atoms with van der Waals surface area (Å²) in [6.45, 7) is 2.03. The van der Waals surface area contributed by atoms with E-state index in [-0.39, 0.29) is 18.2 Å². The number of aromatic nitrogens is 3. The van der Waals surface area contributed by atoms with Crippen LogP contribution in [0.15, 0.2) is 18.5 Å². The maximum absolute atomic E-state index is 13.5. The summed E-state index contributed by atoms with van der Waals surface area (Å²) in [5.74, 6) is 3.05. The number of hydrogen-bond acceptors (Lipinski definition) is 6. The molecule has 0 aliphatic rings. The summed E-state index contributed by atoms with van der Waals surface area (Å²) in [5.41, 5.74) is 3.44. The third kappa shape index (κ3) is 3.10. The van der Waals surface area contributed by atoms with Crippen molar-refractivity contribution in [3.63, 3.8) is 0 Å². The van der Waals surface area contributed by atoms with E-state index in [4.69, 9.17) is 5.84 Å². The van der Waals surface area contributed by atoms with Crippen molar-refractivity contribution in [1.29, 1.82) is 0 Å². The zero-order chi connectivity index (χ0) is 13.8. The van der Waals surface area contributed by atoms with E-state index in [0.717, 1.165) is 5.69 Å². The molecule has 0 bridgehead atoms. The van der Waals surface area contributed by atoms with Crippen molar-refractivity contribution >= 4 is 11.6 Å². The molecule has 4 N–H and O–H groups in total. The van der Waals surface area contributed by atoms with Crippen molar-refractivity contribution in [2.45, 2.75) is 13.5 Å². The van der Waals surface area contributed by atoms with Crippen LogP contribution in [0.2, 0.25) is 0 Å². The van der Waals surface area contributed by atoms with Gasteiger partial charge in [0, 0.05) is 12.3 Å². The van der Waals surface area contributed by atoms with Gasteiger partial charge in [-0.25, -0.2) is 19.6 Å². The molecule has 0 radical (unpaired) electrons. The Bertz CT molecular complexity index is 572. The third-order valence-corrected chi connectivity index (χ3v) is 2.34. The summed E-state index contributed by atoms with van der Waals surface area (Å²) < 4.78 is 26.6. The Labute approximate surface area is 108 Å². The summed E-state index contributed by atoms with van der Waals surface area (Å²) >= 11 is 0. The third-order valence-electron chi connectivity index (χ3n) is 2.34. The summed E-state index contributed by atoms with van der Waals surface area (Å²) in [6, 6.07) is 0.700. The monoisotopic (exact) mass is 266 g/mol. The number of hydrogen-bond donors (Lipinski definition) is 3. The van der Waals surface area contributed by atoms with Crippen LogP contribution in [0.5, 0.6) is 0 Å². The van der Waals surface area contributed by atoms with Crippen molar-refractivity contribution in [3.05, 3.63) is 41.5 Å². The van der Waals surface area contributed by atoms with Crippen LogP contribution in [0.4, 0.5) is 20.4 Å². The minimum absolute atomic E-state index is 0.114. The van der Waals surface area contributed by atoms with E-state index in [9.17, 15) is 8.78 Å². The normalized spacial score (nSPS) is 10.3. The molecule has 19 heavy (non-hydrogen) atoms. The fraction of sp³-hybridized carbons (Fsp3) is 0.182. The molecule has 0 unspecified atom stereocenters. The van der Waals surface area contributed by atoms with Gasteiger partial charge in [0.1, 0.15) is 0 Å². The molecular weight excluding hydrogens is 254 g/mol. The molecule has 2 aromatic rings. The SMILES string of the molecule is Cc1cnc(CNc2nc(NN)c(F)cc2F)cn1. The van der Waals surface area contributed by atoms with E-state index in [1.807, 2.05) is 12.3 Å². The predicted molar refractivity (Wildman–Crippen MR) is 66.1 cm³/mol.